The molecule has 0 fully saturated rings. The van der Waals surface area contributed by atoms with Gasteiger partial charge >= 0.3 is 0 Å². The van der Waals surface area contributed by atoms with Crippen LogP contribution in [-0.2, 0) is 4.79 Å². The number of benzene rings is 1. The molecule has 0 unspecified atom stereocenters. The summed E-state index contributed by atoms with van der Waals surface area (Å²) in [6.45, 7) is 1.40. The predicted octanol–water partition coefficient (Wildman–Crippen LogP) is 3.51. The van der Waals surface area contributed by atoms with Crippen molar-refractivity contribution in [3.8, 4) is 16.9 Å². The largest absolute Gasteiger partial charge is 0.382 e. The number of carbonyl (C=O) groups is 1. The Morgan fingerprint density at radius 2 is 2.07 bits per heavy atom. The Morgan fingerprint density at radius 1 is 1.29 bits per heavy atom. The molecule has 1 aromatic carbocycles. The second-order valence-corrected chi connectivity index (χ2v) is 6.52. The van der Waals surface area contributed by atoms with Gasteiger partial charge in [-0.15, -0.1) is 0 Å². The molecule has 2 heterocycles. The zero-order chi connectivity index (χ0) is 20.3. The summed E-state index contributed by atoms with van der Waals surface area (Å²) in [7, 11) is 0. The van der Waals surface area contributed by atoms with Gasteiger partial charge in [0.25, 0.3) is 0 Å². The fourth-order valence-corrected chi connectivity index (χ4v) is 3.00. The number of carbonyl (C=O) groups excluding carboxylic acids is 1. The van der Waals surface area contributed by atoms with Crippen LogP contribution in [0.2, 0.25) is 10.0 Å². The average molecular weight is 416 g/mol. The minimum Gasteiger partial charge on any atom is -0.382 e. The highest BCUT2D eigenvalue weighted by Gasteiger charge is 2.17. The number of anilines is 1. The summed E-state index contributed by atoms with van der Waals surface area (Å²) >= 11 is 12.3. The van der Waals surface area contributed by atoms with Crippen molar-refractivity contribution in [1.82, 2.24) is 14.8 Å². The molecule has 0 saturated carbocycles. The predicted molar refractivity (Wildman–Crippen MR) is 111 cm³/mol. The van der Waals surface area contributed by atoms with Crippen LogP contribution in [0, 0.1) is 5.41 Å². The van der Waals surface area contributed by atoms with Crippen LogP contribution in [0.1, 0.15) is 12.6 Å². The van der Waals surface area contributed by atoms with E-state index in [0.717, 1.165) is 6.34 Å². The van der Waals surface area contributed by atoms with E-state index < -0.39 is 0 Å². The molecule has 3 aromatic rings. The molecule has 0 radical (unpaired) electrons. The molecule has 0 aliphatic carbocycles. The van der Waals surface area contributed by atoms with Crippen LogP contribution < -0.4 is 11.1 Å². The van der Waals surface area contributed by atoms with Gasteiger partial charge in [-0.1, -0.05) is 23.2 Å². The van der Waals surface area contributed by atoms with Crippen LogP contribution >= 0.6 is 23.2 Å². The number of amidine groups is 1. The number of aliphatic imine (C=N–C) groups is 1. The van der Waals surface area contributed by atoms with E-state index in [1.54, 1.807) is 42.6 Å². The topological polar surface area (TPSA) is 122 Å². The summed E-state index contributed by atoms with van der Waals surface area (Å²) in [5, 5.41) is 15.2. The second kappa shape index (κ2) is 8.20. The summed E-state index contributed by atoms with van der Waals surface area (Å²) in [5.41, 5.74) is 8.26. The fourth-order valence-electron chi connectivity index (χ4n) is 2.52. The van der Waals surface area contributed by atoms with Crippen molar-refractivity contribution >= 4 is 47.1 Å². The van der Waals surface area contributed by atoms with E-state index in [2.05, 4.69) is 20.4 Å². The van der Waals surface area contributed by atoms with E-state index in [-0.39, 0.29) is 11.7 Å². The second-order valence-electron chi connectivity index (χ2n) is 5.68. The third-order valence-corrected chi connectivity index (χ3v) is 4.21. The molecule has 1 amide bonds. The lowest BCUT2D eigenvalue weighted by molar-refractivity contribution is -0.114. The normalized spacial score (nSPS) is 11.3. The molecule has 3 rings (SSSR count). The van der Waals surface area contributed by atoms with E-state index in [1.165, 1.54) is 11.6 Å². The Balaban J connectivity index is 2.16. The van der Waals surface area contributed by atoms with E-state index in [9.17, 15) is 4.79 Å². The third-order valence-electron chi connectivity index (χ3n) is 3.67. The molecule has 28 heavy (non-hydrogen) atoms. The molecule has 8 nitrogen and oxygen atoms in total. The number of nitrogens with zero attached hydrogens (tertiary/aromatic N) is 4. The Kier molecular flexibility index (Phi) is 5.72. The molecule has 0 spiro atoms. The summed E-state index contributed by atoms with van der Waals surface area (Å²) in [6, 6.07) is 10.1. The first-order chi connectivity index (χ1) is 13.4. The Hall–Kier alpha value is -3.23. The Morgan fingerprint density at radius 3 is 2.75 bits per heavy atom. The number of amides is 1. The number of halogens is 2. The molecule has 2 aromatic heterocycles. The van der Waals surface area contributed by atoms with Crippen molar-refractivity contribution in [2.24, 2.45) is 10.7 Å². The van der Waals surface area contributed by atoms with Crippen molar-refractivity contribution in [2.75, 3.05) is 5.32 Å². The first kappa shape index (κ1) is 19.5. The molecule has 0 bridgehead atoms. The van der Waals surface area contributed by atoms with Crippen LogP contribution in [0.3, 0.4) is 0 Å². The molecule has 142 valence electrons. The molecule has 10 heteroatoms. The van der Waals surface area contributed by atoms with E-state index in [0.29, 0.717) is 38.5 Å². The van der Waals surface area contributed by atoms with Gasteiger partial charge in [0.2, 0.25) is 5.91 Å². The summed E-state index contributed by atoms with van der Waals surface area (Å²) in [5.74, 6) is 0.258. The molecule has 0 atom stereocenters. The maximum absolute atomic E-state index is 11.3. The first-order valence-corrected chi connectivity index (χ1v) is 8.76. The fraction of sp³-hybridized carbons (Fsp3) is 0.0556. The number of hydrogen-bond donors (Lipinski definition) is 3. The quantitative estimate of drug-likeness (QED) is 0.435. The van der Waals surface area contributed by atoms with Gasteiger partial charge in [0.15, 0.2) is 5.84 Å². The summed E-state index contributed by atoms with van der Waals surface area (Å²) in [6.07, 6.45) is 2.40. The molecule has 0 aliphatic heterocycles. The van der Waals surface area contributed by atoms with Crippen LogP contribution in [0.15, 0.2) is 47.6 Å². The lowest BCUT2D eigenvalue weighted by atomic mass is 10.2. The third kappa shape index (κ3) is 4.19. The van der Waals surface area contributed by atoms with Crippen LogP contribution in [0.5, 0.6) is 0 Å². The zero-order valence-corrected chi connectivity index (χ0v) is 16.2. The lowest BCUT2D eigenvalue weighted by Crippen LogP contribution is -2.18. The Labute approximate surface area is 170 Å². The average Bonchev–Trinajstić information content (AvgIpc) is 3.07. The van der Waals surface area contributed by atoms with Crippen molar-refractivity contribution < 1.29 is 4.79 Å². The Bertz CT molecular complexity index is 1090. The number of pyridine rings is 1. The maximum Gasteiger partial charge on any atom is 0.222 e. The number of hydrogen-bond acceptors (Lipinski definition) is 4. The standard InChI is InChI=1S/C18H15Cl2N7O/c1-10(28)25-17-6-11(4-5-23-17)14-8-16(18(22)24-9-21)27(26-14)15-3-2-12(19)7-13(15)20/h2-9H,1H3,(H3,21,22,24)(H,23,25,28). The first-order valence-electron chi connectivity index (χ1n) is 8.01. The molecule has 0 saturated heterocycles. The summed E-state index contributed by atoms with van der Waals surface area (Å²) < 4.78 is 1.52. The number of rotatable bonds is 5. The number of aromatic nitrogens is 3. The highest BCUT2D eigenvalue weighted by molar-refractivity contribution is 6.35. The minimum absolute atomic E-state index is 0.0934. The monoisotopic (exact) mass is 415 g/mol. The SMILES string of the molecule is CC(=O)Nc1cc(-c2cc(C(N)=NC=N)n(-c3ccc(Cl)cc3Cl)n2)ccn1. The van der Waals surface area contributed by atoms with E-state index >= 15 is 0 Å². The number of nitrogens with two attached hydrogens (primary N) is 1. The van der Waals surface area contributed by atoms with Gasteiger partial charge in [-0.05, 0) is 36.4 Å². The van der Waals surface area contributed by atoms with Gasteiger partial charge in [-0.3, -0.25) is 10.2 Å². The highest BCUT2D eigenvalue weighted by atomic mass is 35.5. The highest BCUT2D eigenvalue weighted by Crippen LogP contribution is 2.28. The van der Waals surface area contributed by atoms with Crippen molar-refractivity contribution in [2.45, 2.75) is 6.92 Å². The van der Waals surface area contributed by atoms with Crippen LogP contribution in [0.4, 0.5) is 5.82 Å². The molecular formula is C18H15Cl2N7O. The van der Waals surface area contributed by atoms with Crippen molar-refractivity contribution in [3.05, 3.63) is 58.3 Å². The smallest absolute Gasteiger partial charge is 0.222 e. The van der Waals surface area contributed by atoms with Gasteiger partial charge < -0.3 is 11.1 Å². The molecule has 4 N–H and O–H groups in total. The maximum atomic E-state index is 11.3. The summed E-state index contributed by atoms with van der Waals surface area (Å²) in [4.78, 5) is 19.2. The van der Waals surface area contributed by atoms with Gasteiger partial charge in [0, 0.05) is 23.7 Å². The van der Waals surface area contributed by atoms with Gasteiger partial charge in [-0.25, -0.2) is 14.7 Å². The van der Waals surface area contributed by atoms with E-state index in [4.69, 9.17) is 34.3 Å². The van der Waals surface area contributed by atoms with E-state index in [1.807, 2.05) is 0 Å². The zero-order valence-electron chi connectivity index (χ0n) is 14.6. The van der Waals surface area contributed by atoms with Crippen molar-refractivity contribution in [1.29, 1.82) is 5.41 Å². The minimum atomic E-state index is -0.230. The lowest BCUT2D eigenvalue weighted by Gasteiger charge is -2.09. The van der Waals surface area contributed by atoms with Crippen LogP contribution in [0.25, 0.3) is 16.9 Å². The van der Waals surface area contributed by atoms with Crippen molar-refractivity contribution in [3.63, 3.8) is 0 Å². The van der Waals surface area contributed by atoms with Gasteiger partial charge in [0.1, 0.15) is 17.9 Å². The van der Waals surface area contributed by atoms with Gasteiger partial charge in [0.05, 0.1) is 16.4 Å². The molecule has 0 aliphatic rings. The van der Waals surface area contributed by atoms with Gasteiger partial charge in [-0.2, -0.15) is 5.10 Å². The molecular weight excluding hydrogens is 401 g/mol. The van der Waals surface area contributed by atoms with Crippen LogP contribution in [-0.4, -0.2) is 32.8 Å². The number of nitrogens with one attached hydrogen (secondary N) is 2.